The van der Waals surface area contributed by atoms with E-state index >= 15 is 0 Å². The van der Waals surface area contributed by atoms with Crippen LogP contribution in [-0.2, 0) is 38.6 Å². The first-order chi connectivity index (χ1) is 14.6. The van der Waals surface area contributed by atoms with Crippen molar-refractivity contribution >= 4 is 34.6 Å². The van der Waals surface area contributed by atoms with Gasteiger partial charge in [-0.1, -0.05) is 4.98 Å². The Morgan fingerprint density at radius 3 is 2.41 bits per heavy atom. The van der Waals surface area contributed by atoms with E-state index in [0.29, 0.717) is 0 Å². The Balaban J connectivity index is 1.73. The molecule has 21 heteroatoms. The third-order valence-electron chi connectivity index (χ3n) is 4.07. The molecule has 2 aromatic heterocycles. The van der Waals surface area contributed by atoms with Crippen molar-refractivity contribution in [3.63, 3.8) is 0 Å². The van der Waals surface area contributed by atoms with Gasteiger partial charge in [-0.25, -0.2) is 13.9 Å². The minimum absolute atomic E-state index is 0.0206. The smallest absolute Gasteiger partial charge is 0.306 e. The summed E-state index contributed by atoms with van der Waals surface area (Å²) in [4.78, 5) is 50.8. The normalized spacial score (nSPS) is 28.0. The second kappa shape index (κ2) is 8.77. The first kappa shape index (κ1) is 25.3. The van der Waals surface area contributed by atoms with Gasteiger partial charge >= 0.3 is 5.65 Å². The molecule has 1 aliphatic heterocycles. The van der Waals surface area contributed by atoms with Crippen LogP contribution in [0.15, 0.2) is 12.7 Å². The van der Waals surface area contributed by atoms with Crippen molar-refractivity contribution in [2.45, 2.75) is 24.5 Å². The molecule has 6 atom stereocenters. The molecule has 2 aromatic rings. The van der Waals surface area contributed by atoms with Gasteiger partial charge in [-0.2, -0.15) is 0 Å². The Morgan fingerprint density at radius 2 is 1.78 bits per heavy atom. The van der Waals surface area contributed by atoms with Gasteiger partial charge in [0.25, 0.3) is 15.6 Å². The van der Waals surface area contributed by atoms with Crippen LogP contribution in [0.3, 0.4) is 0 Å². The largest absolute Gasteiger partial charge is 0.856 e. The molecule has 0 amide bonds. The lowest BCUT2D eigenvalue weighted by Gasteiger charge is -2.37. The lowest BCUT2D eigenvalue weighted by atomic mass is 10.1. The zero-order valence-electron chi connectivity index (χ0n) is 15.6. The summed E-state index contributed by atoms with van der Waals surface area (Å²) in [5.41, 5.74) is 0.0578. The molecule has 0 aliphatic carbocycles. The maximum absolute atomic E-state index is 11.9. The number of ether oxygens (including phenoxy) is 1. The molecule has 18 nitrogen and oxygen atoms in total. The van der Waals surface area contributed by atoms with Gasteiger partial charge in [-0.15, -0.1) is 0 Å². The molecular weight excluding hydrogens is 505 g/mol. The van der Waals surface area contributed by atoms with E-state index in [0.717, 1.165) is 6.33 Å². The Hall–Kier alpha value is -1.36. The molecule has 1 aliphatic rings. The zero-order chi connectivity index (χ0) is 24.1. The molecule has 0 spiro atoms. The highest BCUT2D eigenvalue weighted by Gasteiger charge is 2.47. The average Bonchev–Trinajstić information content (AvgIpc) is 3.09. The Labute approximate surface area is 177 Å². The van der Waals surface area contributed by atoms with Crippen LogP contribution in [0.25, 0.3) is 11.2 Å². The van der Waals surface area contributed by atoms with Crippen molar-refractivity contribution in [2.24, 2.45) is 7.05 Å². The van der Waals surface area contributed by atoms with Crippen LogP contribution >= 0.6 is 23.5 Å². The number of hydrogen-bond acceptors (Lipinski definition) is 16. The predicted molar refractivity (Wildman–Crippen MR) is 85.0 cm³/mol. The topological polar surface area (TPSA) is 278 Å². The first-order valence-corrected chi connectivity index (χ1v) is 12.6. The summed E-state index contributed by atoms with van der Waals surface area (Å²) in [7, 11) is -16.7. The van der Waals surface area contributed by atoms with Gasteiger partial charge in [0, 0.05) is 5.88 Å². The highest BCUT2D eigenvalue weighted by molar-refractivity contribution is 7.64. The van der Waals surface area contributed by atoms with Crippen molar-refractivity contribution < 1.29 is 71.0 Å². The van der Waals surface area contributed by atoms with Crippen molar-refractivity contribution in [3.05, 3.63) is 12.7 Å². The van der Waals surface area contributed by atoms with Crippen molar-refractivity contribution in [3.8, 4) is 5.88 Å². The maximum Gasteiger partial charge on any atom is 0.306 e. The average molecular weight is 518 g/mol. The monoisotopic (exact) mass is 518 g/mol. The summed E-state index contributed by atoms with van der Waals surface area (Å²) in [6.45, 7) is -1.10. The van der Waals surface area contributed by atoms with Gasteiger partial charge in [-0.3, -0.25) is 18.0 Å². The molecule has 3 rings (SSSR count). The standard InChI is InChI=1S/C11H17N4O14P3/c1-14-4-15(9-6(14)10(18)13-3-12-9)11-8(17)7(16)5(27-11)2-26-31(22,23)29-32(24,25)28-30(19,20)21/h3-5,7-8,11,16-17H,2H2,1H3,(H4-,12,13,18,19,20,21,22,23,24,25)/p-4. The molecule has 1 saturated heterocycles. The van der Waals surface area contributed by atoms with E-state index in [1.165, 1.54) is 22.5 Å². The number of fused-ring (bicyclic) bond motifs is 1. The lowest BCUT2D eigenvalue weighted by Crippen LogP contribution is -2.45. The van der Waals surface area contributed by atoms with Gasteiger partial charge < -0.3 is 48.7 Å². The lowest BCUT2D eigenvalue weighted by molar-refractivity contribution is -0.745. The maximum atomic E-state index is 11.9. The van der Waals surface area contributed by atoms with Crippen molar-refractivity contribution in [2.75, 3.05) is 6.61 Å². The van der Waals surface area contributed by atoms with Gasteiger partial charge in [0.15, 0.2) is 18.2 Å². The summed E-state index contributed by atoms with van der Waals surface area (Å²) in [6.07, 6.45) is -4.16. The highest BCUT2D eigenvalue weighted by atomic mass is 31.3. The molecule has 0 radical (unpaired) electrons. The van der Waals surface area contributed by atoms with Crippen LogP contribution in [0.5, 0.6) is 5.88 Å². The molecule has 0 saturated carbocycles. The number of rotatable bonds is 8. The predicted octanol–water partition coefficient (Wildman–Crippen LogP) is -5.24. The van der Waals surface area contributed by atoms with Crippen LogP contribution in [0.1, 0.15) is 6.23 Å². The molecule has 32 heavy (non-hydrogen) atoms. The SMILES string of the molecule is Cn1c[n+](C2OC(COP(=O)([O-])OP(=O)([O-])OP(=O)([O-])[O-])C(O)C2O)c2ncnc([O-])c21. The summed E-state index contributed by atoms with van der Waals surface area (Å²) in [6, 6.07) is 0. The Morgan fingerprint density at radius 1 is 1.12 bits per heavy atom. The quantitative estimate of drug-likeness (QED) is 0.244. The van der Waals surface area contributed by atoms with Crippen molar-refractivity contribution in [1.82, 2.24) is 14.5 Å². The second-order valence-corrected chi connectivity index (χ2v) is 10.6. The van der Waals surface area contributed by atoms with E-state index in [4.69, 9.17) is 4.74 Å². The molecule has 1 fully saturated rings. The fourth-order valence-electron chi connectivity index (χ4n) is 2.88. The Bertz CT molecular complexity index is 1150. The van der Waals surface area contributed by atoms with Crippen LogP contribution in [0, 0.1) is 0 Å². The second-order valence-electron chi connectivity index (χ2n) is 6.33. The Kier molecular flexibility index (Phi) is 6.93. The van der Waals surface area contributed by atoms with E-state index in [1.54, 1.807) is 0 Å². The number of aliphatic hydroxyl groups is 2. The van der Waals surface area contributed by atoms with Gasteiger partial charge in [-0.05, 0) is 0 Å². The van der Waals surface area contributed by atoms with Crippen LogP contribution < -0.4 is 29.2 Å². The van der Waals surface area contributed by atoms with Crippen LogP contribution in [0.4, 0.5) is 0 Å². The minimum atomic E-state index is -6.16. The molecular formula is C11H13N4O14P3-4. The molecule has 0 aromatic carbocycles. The zero-order valence-corrected chi connectivity index (χ0v) is 18.3. The number of nitrogens with zero attached hydrogens (tertiary/aromatic N) is 4. The fourth-order valence-corrected chi connectivity index (χ4v) is 5.75. The van der Waals surface area contributed by atoms with E-state index in [2.05, 4.69) is 23.1 Å². The summed E-state index contributed by atoms with van der Waals surface area (Å²) in [5.74, 6) is -0.640. The van der Waals surface area contributed by atoms with E-state index in [-0.39, 0.29) is 11.2 Å². The third kappa shape index (κ3) is 5.58. The fraction of sp³-hybridized carbons (Fsp3) is 0.545. The molecule has 3 heterocycles. The number of aryl methyl sites for hydroxylation is 1. The van der Waals surface area contributed by atoms with Crippen LogP contribution in [0.2, 0.25) is 0 Å². The molecule has 2 N–H and O–H groups in total. The summed E-state index contributed by atoms with van der Waals surface area (Å²) < 4.78 is 51.6. The number of aromatic nitrogens is 4. The third-order valence-corrected chi connectivity index (χ3v) is 7.74. The van der Waals surface area contributed by atoms with Gasteiger partial charge in [0.2, 0.25) is 6.23 Å². The van der Waals surface area contributed by atoms with E-state index in [9.17, 15) is 48.6 Å². The first-order valence-electron chi connectivity index (χ1n) is 8.21. The van der Waals surface area contributed by atoms with Crippen molar-refractivity contribution in [1.29, 1.82) is 0 Å². The van der Waals surface area contributed by atoms with E-state index in [1.807, 2.05) is 0 Å². The summed E-state index contributed by atoms with van der Waals surface area (Å²) in [5, 5.41) is 32.3. The number of phosphoric acid groups is 3. The van der Waals surface area contributed by atoms with Gasteiger partial charge in [0.05, 0.1) is 21.5 Å². The number of phosphoric ester groups is 1. The van der Waals surface area contributed by atoms with E-state index < -0.39 is 60.5 Å². The molecule has 0 bridgehead atoms. The van der Waals surface area contributed by atoms with Crippen LogP contribution in [-0.4, -0.2) is 49.7 Å². The van der Waals surface area contributed by atoms with Gasteiger partial charge in [0.1, 0.15) is 18.3 Å². The number of hydrogen-bond donors (Lipinski definition) is 2. The summed E-state index contributed by atoms with van der Waals surface area (Å²) >= 11 is 0. The number of aliphatic hydroxyl groups excluding tert-OH is 2. The molecule has 180 valence electrons. The minimum Gasteiger partial charge on any atom is -0.856 e. The highest BCUT2D eigenvalue weighted by Crippen LogP contribution is 2.60. The number of imidazole rings is 1. The molecule has 6 unspecified atom stereocenters.